The molecule has 13 heteroatoms. The first-order valence-corrected chi connectivity index (χ1v) is 17.9. The monoisotopic (exact) mass is 696 g/mol. The summed E-state index contributed by atoms with van der Waals surface area (Å²) in [5.74, 6) is -3.74. The molecule has 6 rings (SSSR count). The van der Waals surface area contributed by atoms with E-state index in [-0.39, 0.29) is 31.8 Å². The van der Waals surface area contributed by atoms with E-state index in [2.05, 4.69) is 19.9 Å². The van der Waals surface area contributed by atoms with Gasteiger partial charge in [-0.2, -0.15) is 0 Å². The lowest BCUT2D eigenvalue weighted by atomic mass is 9.33. The van der Waals surface area contributed by atoms with E-state index in [0.29, 0.717) is 32.1 Å². The second-order valence-corrected chi connectivity index (χ2v) is 17.4. The van der Waals surface area contributed by atoms with Gasteiger partial charge in [-0.25, -0.2) is 0 Å². The van der Waals surface area contributed by atoms with E-state index >= 15 is 0 Å². The first-order chi connectivity index (χ1) is 22.7. The van der Waals surface area contributed by atoms with Crippen molar-refractivity contribution in [3.05, 3.63) is 11.6 Å². The summed E-state index contributed by atoms with van der Waals surface area (Å²) in [4.78, 5) is 27.2. The molecule has 0 amide bonds. The van der Waals surface area contributed by atoms with Crippen molar-refractivity contribution in [2.24, 2.45) is 50.7 Å². The zero-order chi connectivity index (χ0) is 36.3. The predicted molar refractivity (Wildman–Crippen MR) is 171 cm³/mol. The summed E-state index contributed by atoms with van der Waals surface area (Å²) in [6.45, 7) is 8.58. The summed E-state index contributed by atoms with van der Waals surface area (Å²) in [5.41, 5.74) is -5.24. The van der Waals surface area contributed by atoms with Crippen LogP contribution in [0.4, 0.5) is 0 Å². The number of esters is 1. The van der Waals surface area contributed by atoms with Crippen LogP contribution in [0, 0.1) is 50.7 Å². The molecule has 4 saturated carbocycles. The van der Waals surface area contributed by atoms with Gasteiger partial charge in [-0.15, -0.1) is 0 Å². The van der Waals surface area contributed by atoms with E-state index in [1.165, 1.54) is 0 Å². The van der Waals surface area contributed by atoms with Gasteiger partial charge in [0.2, 0.25) is 6.29 Å². The van der Waals surface area contributed by atoms with Crippen molar-refractivity contribution in [2.75, 3.05) is 13.2 Å². The van der Waals surface area contributed by atoms with E-state index < -0.39 is 112 Å². The number of carboxylic acid groups (broad SMARTS) is 1. The van der Waals surface area contributed by atoms with Crippen LogP contribution < -0.4 is 0 Å². The number of hydrogen-bond acceptors (Lipinski definition) is 12. The molecule has 0 aromatic heterocycles. The van der Waals surface area contributed by atoms with Crippen LogP contribution in [-0.4, -0.2) is 120 Å². The fraction of sp³-hybridized carbons (Fsp3) is 0.889. The van der Waals surface area contributed by atoms with E-state index in [4.69, 9.17) is 9.47 Å². The molecule has 49 heavy (non-hydrogen) atoms. The Balaban J connectivity index is 1.42. The van der Waals surface area contributed by atoms with Crippen LogP contribution in [0.15, 0.2) is 11.6 Å². The number of carbonyl (C=O) groups is 2. The lowest BCUT2D eigenvalue weighted by Crippen LogP contribution is -2.70. The van der Waals surface area contributed by atoms with Crippen molar-refractivity contribution in [1.82, 2.24) is 0 Å². The molecule has 0 spiro atoms. The Labute approximate surface area is 286 Å². The Morgan fingerprint density at radius 2 is 1.55 bits per heavy atom. The Kier molecular flexibility index (Phi) is 9.03. The number of fused-ring (bicyclic) bond motifs is 7. The molecule has 1 aliphatic heterocycles. The van der Waals surface area contributed by atoms with Crippen LogP contribution in [0.1, 0.15) is 86.0 Å². The first-order valence-electron chi connectivity index (χ1n) is 17.9. The van der Waals surface area contributed by atoms with Crippen molar-refractivity contribution in [3.8, 4) is 0 Å². The maximum Gasteiger partial charge on any atom is 0.315 e. The summed E-state index contributed by atoms with van der Waals surface area (Å²) >= 11 is 0. The summed E-state index contributed by atoms with van der Waals surface area (Å²) in [7, 11) is 0. The highest BCUT2D eigenvalue weighted by atomic mass is 16.7. The number of hydrogen-bond donors (Lipinski definition) is 9. The van der Waals surface area contributed by atoms with Crippen molar-refractivity contribution in [2.45, 2.75) is 135 Å². The normalized spacial score (nSPS) is 55.5. The van der Waals surface area contributed by atoms with Crippen molar-refractivity contribution in [1.29, 1.82) is 0 Å². The number of carboxylic acids is 1. The number of aliphatic carboxylic acids is 1. The Bertz CT molecular complexity index is 1370. The highest BCUT2D eigenvalue weighted by molar-refractivity contribution is 5.79. The van der Waals surface area contributed by atoms with Gasteiger partial charge in [-0.1, -0.05) is 32.4 Å². The smallest absolute Gasteiger partial charge is 0.315 e. The molecular formula is C36H56O13. The Hall–Kier alpha value is -1.68. The van der Waals surface area contributed by atoms with Crippen LogP contribution in [0.3, 0.4) is 0 Å². The van der Waals surface area contributed by atoms with E-state index in [1.54, 1.807) is 13.8 Å². The highest BCUT2D eigenvalue weighted by Gasteiger charge is 2.73. The molecule has 0 bridgehead atoms. The van der Waals surface area contributed by atoms with Crippen molar-refractivity contribution >= 4 is 11.9 Å². The minimum atomic E-state index is -1.79. The van der Waals surface area contributed by atoms with Gasteiger partial charge in [0.15, 0.2) is 0 Å². The van der Waals surface area contributed by atoms with Gasteiger partial charge in [0.1, 0.15) is 24.4 Å². The van der Waals surface area contributed by atoms with Crippen molar-refractivity contribution < 1.29 is 65.0 Å². The minimum Gasteiger partial charge on any atom is -0.481 e. The molecule has 0 radical (unpaired) electrons. The van der Waals surface area contributed by atoms with Crippen LogP contribution in [0.25, 0.3) is 0 Å². The van der Waals surface area contributed by atoms with Crippen LogP contribution in [-0.2, 0) is 19.1 Å². The minimum absolute atomic E-state index is 0.0935. The lowest BCUT2D eigenvalue weighted by molar-refractivity contribution is -0.299. The SMILES string of the molecule is C[C@@]1(O)[C@H](CO)CC[C@]2(C(=O)O[C@@H]3O[C@H](CO)[C@@H](O)[C@H](O)[C@H]3O)CC[C@]3(C)C(=CC[C@@H]4[C@@]5(C)C[C@@H](O)[C@H](O)[C@](C)(C(=O)O)[C@H]5CC[C@]43C)[C@H]21. The molecule has 9 N–H and O–H groups in total. The van der Waals surface area contributed by atoms with Crippen LogP contribution >= 0.6 is 0 Å². The zero-order valence-electron chi connectivity index (χ0n) is 29.2. The van der Waals surface area contributed by atoms with Crippen molar-refractivity contribution in [3.63, 3.8) is 0 Å². The van der Waals surface area contributed by atoms with Gasteiger partial charge < -0.3 is 55.4 Å². The number of ether oxygens (including phenoxy) is 2. The maximum absolute atomic E-state index is 14.5. The fourth-order valence-electron chi connectivity index (χ4n) is 12.5. The molecule has 1 saturated heterocycles. The molecule has 0 aromatic rings. The van der Waals surface area contributed by atoms with E-state index in [0.717, 1.165) is 5.57 Å². The summed E-state index contributed by atoms with van der Waals surface area (Å²) in [6, 6.07) is 0. The average molecular weight is 697 g/mol. The summed E-state index contributed by atoms with van der Waals surface area (Å²) in [6.07, 6.45) is -5.43. The number of carbonyl (C=O) groups excluding carboxylic acids is 1. The Morgan fingerprint density at radius 1 is 0.878 bits per heavy atom. The standard InChI is InChI=1S/C36H56O13/c1-31-14-19(39)27(43)34(4,29(44)45)22(31)9-10-33(3)21(31)7-6-18-26-35(5,47)17(15-37)8-11-36(26,13-12-32(18,33)2)30(46)49-28-25(42)24(41)23(40)20(16-38)48-28/h6,17,19-28,37-43,47H,7-16H2,1-5H3,(H,44,45)/t17-,19+,20+,21+,22-,23+,24-,25+,26-,27-,28-,31+,32+,33+,34+,35+,36-/m0/s1. The van der Waals surface area contributed by atoms with Gasteiger partial charge >= 0.3 is 11.9 Å². The first kappa shape index (κ1) is 37.1. The largest absolute Gasteiger partial charge is 0.481 e. The van der Waals surface area contributed by atoms with E-state index in [9.17, 15) is 55.5 Å². The van der Waals surface area contributed by atoms with Crippen LogP contribution in [0.2, 0.25) is 0 Å². The van der Waals surface area contributed by atoms with Gasteiger partial charge in [0.05, 0.1) is 35.2 Å². The second-order valence-electron chi connectivity index (χ2n) is 17.4. The molecule has 17 atom stereocenters. The Morgan fingerprint density at radius 3 is 2.16 bits per heavy atom. The molecule has 6 aliphatic rings. The lowest BCUT2D eigenvalue weighted by Gasteiger charge is -2.71. The van der Waals surface area contributed by atoms with Crippen LogP contribution in [0.5, 0.6) is 0 Å². The molecule has 0 aromatic carbocycles. The third kappa shape index (κ3) is 4.76. The summed E-state index contributed by atoms with van der Waals surface area (Å²) < 4.78 is 11.4. The molecule has 0 unspecified atom stereocenters. The van der Waals surface area contributed by atoms with Gasteiger partial charge in [0.25, 0.3) is 0 Å². The average Bonchev–Trinajstić information content (AvgIpc) is 3.03. The topological polar surface area (TPSA) is 235 Å². The second kappa shape index (κ2) is 11.9. The van der Waals surface area contributed by atoms with Gasteiger partial charge in [-0.05, 0) is 93.3 Å². The molecule has 5 fully saturated rings. The molecule has 278 valence electrons. The fourth-order valence-corrected chi connectivity index (χ4v) is 12.5. The van der Waals surface area contributed by atoms with Gasteiger partial charge in [-0.3, -0.25) is 9.59 Å². The third-order valence-electron chi connectivity index (χ3n) is 15.6. The molecular weight excluding hydrogens is 640 g/mol. The maximum atomic E-state index is 14.5. The molecule has 5 aliphatic carbocycles. The third-order valence-corrected chi connectivity index (χ3v) is 15.6. The predicted octanol–water partition coefficient (Wildman–Crippen LogP) is 0.471. The number of aliphatic hydroxyl groups is 8. The van der Waals surface area contributed by atoms with Gasteiger partial charge in [0, 0.05) is 18.4 Å². The van der Waals surface area contributed by atoms with E-state index in [1.807, 2.05) is 6.92 Å². The number of rotatable bonds is 5. The molecule has 13 nitrogen and oxygen atoms in total. The highest BCUT2D eigenvalue weighted by Crippen LogP contribution is 2.76. The quantitative estimate of drug-likeness (QED) is 0.141. The zero-order valence-corrected chi connectivity index (χ0v) is 29.2. The number of aliphatic hydroxyl groups excluding tert-OH is 7. The number of allylic oxidation sites excluding steroid dienone is 1. The summed E-state index contributed by atoms with van der Waals surface area (Å²) in [5, 5.41) is 96.4. The molecule has 1 heterocycles.